The Hall–Kier alpha value is -3.49. The molecule has 0 aromatic rings. The number of Topliss-reactive ketones (excluding diaryl/α,β-unsaturated/α-hetero) is 3. The predicted octanol–water partition coefficient (Wildman–Crippen LogP) is 6.88. The molecule has 17 nitrogen and oxygen atoms in total. The van der Waals surface area contributed by atoms with E-state index in [0.29, 0.717) is 76.8 Å². The number of aliphatic hydroxyl groups is 2. The number of piperidine rings is 1. The minimum Gasteiger partial charge on any atom is -0.460 e. The molecular formula is C58H93NO16. The number of hydrogen-bond donors (Lipinski definition) is 2. The molecule has 3 aliphatic heterocycles. The van der Waals surface area contributed by atoms with Crippen molar-refractivity contribution in [2.75, 3.05) is 74.6 Å². The summed E-state index contributed by atoms with van der Waals surface area (Å²) in [4.78, 5) is 73.3. The summed E-state index contributed by atoms with van der Waals surface area (Å²) in [7, 11) is 6.22. The molecule has 4 rings (SSSR count). The van der Waals surface area contributed by atoms with Gasteiger partial charge in [-0.05, 0) is 107 Å². The number of ether oxygens (including phenoxy) is 9. The van der Waals surface area contributed by atoms with Crippen LogP contribution in [-0.2, 0) is 66.6 Å². The number of allylic oxidation sites excluding steroid dienone is 6. The van der Waals surface area contributed by atoms with Crippen molar-refractivity contribution in [2.24, 2.45) is 35.5 Å². The van der Waals surface area contributed by atoms with Crippen LogP contribution in [-0.4, -0.2) is 174 Å². The summed E-state index contributed by atoms with van der Waals surface area (Å²) in [5.74, 6) is -7.67. The van der Waals surface area contributed by atoms with Crippen LogP contribution in [0.15, 0.2) is 47.6 Å². The molecule has 1 aliphatic carbocycles. The van der Waals surface area contributed by atoms with Gasteiger partial charge in [0.25, 0.3) is 11.7 Å². The molecule has 0 aromatic heterocycles. The molecule has 0 spiro atoms. The van der Waals surface area contributed by atoms with E-state index < -0.39 is 71.8 Å². The van der Waals surface area contributed by atoms with E-state index in [4.69, 9.17) is 42.6 Å². The topological polar surface area (TPSA) is 212 Å². The van der Waals surface area contributed by atoms with Gasteiger partial charge in [-0.3, -0.25) is 19.2 Å². The third-order valence-corrected chi connectivity index (χ3v) is 15.8. The molecule has 15 atom stereocenters. The van der Waals surface area contributed by atoms with Gasteiger partial charge in [-0.25, -0.2) is 4.79 Å². The average Bonchev–Trinajstić information content (AvgIpc) is 3.39. The molecule has 426 valence electrons. The summed E-state index contributed by atoms with van der Waals surface area (Å²) in [6.07, 6.45) is 12.9. The molecule has 17 heteroatoms. The summed E-state index contributed by atoms with van der Waals surface area (Å²) in [5, 5.41) is 21.6. The molecule has 2 saturated heterocycles. The van der Waals surface area contributed by atoms with Gasteiger partial charge in [-0.15, -0.1) is 0 Å². The maximum absolute atomic E-state index is 14.6. The maximum atomic E-state index is 14.6. The highest BCUT2D eigenvalue weighted by atomic mass is 16.6. The van der Waals surface area contributed by atoms with Gasteiger partial charge in [0.15, 0.2) is 5.78 Å². The average molecular weight is 1060 g/mol. The van der Waals surface area contributed by atoms with E-state index in [1.807, 2.05) is 65.0 Å². The highest BCUT2D eigenvalue weighted by molar-refractivity contribution is 6.39. The fraction of sp³-hybridized carbons (Fsp3) is 0.776. The first-order valence-electron chi connectivity index (χ1n) is 27.5. The smallest absolute Gasteiger partial charge is 0.329 e. The van der Waals surface area contributed by atoms with Gasteiger partial charge in [0.1, 0.15) is 30.1 Å². The fourth-order valence-corrected chi connectivity index (χ4v) is 11.2. The first-order valence-corrected chi connectivity index (χ1v) is 27.5. The van der Waals surface area contributed by atoms with Crippen LogP contribution in [0, 0.1) is 35.5 Å². The molecule has 0 radical (unpaired) electrons. The Balaban J connectivity index is 1.72. The molecule has 2 bridgehead atoms. The first-order chi connectivity index (χ1) is 35.8. The molecule has 3 heterocycles. The number of rotatable bonds is 16. The van der Waals surface area contributed by atoms with Crippen molar-refractivity contribution in [3.8, 4) is 0 Å². The van der Waals surface area contributed by atoms with Crippen molar-refractivity contribution in [3.05, 3.63) is 47.6 Å². The zero-order valence-electron chi connectivity index (χ0n) is 47.0. The minimum absolute atomic E-state index is 0.0309. The lowest BCUT2D eigenvalue weighted by molar-refractivity contribution is -0.266. The third-order valence-electron chi connectivity index (χ3n) is 15.8. The SMILES string of the molecule is COCCOCCO[C@@H]1C[C@@H]2CC[C@@H](C)[C@@](O)(O2)C(=O)C(=O)N2CCCC[C@H]2C(=O)O[C@H]([C@H](C)C[C@@H]2CC[C@@H](OCCO)[C@H](OC)C2)CC(=O)[C@H](C)/C=C(\C)[C@@H](OC)[C@@H](OC)C(=O)[C@H](C)C[C@H](C)/C=C/C=C/C=C/1C. The summed E-state index contributed by atoms with van der Waals surface area (Å²) < 4.78 is 53.3. The van der Waals surface area contributed by atoms with E-state index in [0.717, 1.165) is 12.0 Å². The molecule has 0 aromatic carbocycles. The summed E-state index contributed by atoms with van der Waals surface area (Å²) in [5.41, 5.74) is 1.49. The Morgan fingerprint density at radius 2 is 1.51 bits per heavy atom. The van der Waals surface area contributed by atoms with E-state index in [-0.39, 0.29) is 93.1 Å². The normalized spacial score (nSPS) is 36.6. The summed E-state index contributed by atoms with van der Waals surface area (Å²) >= 11 is 0. The number of nitrogens with zero attached hydrogens (tertiary/aromatic N) is 1. The van der Waals surface area contributed by atoms with Crippen LogP contribution < -0.4 is 0 Å². The molecule has 2 N–H and O–H groups in total. The Morgan fingerprint density at radius 3 is 2.20 bits per heavy atom. The van der Waals surface area contributed by atoms with Gasteiger partial charge in [0, 0.05) is 65.6 Å². The zero-order valence-corrected chi connectivity index (χ0v) is 47.0. The van der Waals surface area contributed by atoms with Crippen molar-refractivity contribution in [1.82, 2.24) is 4.90 Å². The van der Waals surface area contributed by atoms with Gasteiger partial charge < -0.3 is 57.7 Å². The maximum Gasteiger partial charge on any atom is 0.329 e. The first kappa shape index (κ1) is 64.0. The standard InChI is InChI=1S/C58H93NO16/c1-37-17-13-12-14-18-38(2)49(73-30-29-71-28-27-67-8)35-45-22-20-43(7)58(66,75-45)55(63)56(64)59-24-16-15-19-46(59)57(65)74-50(40(4)33-44-21-23-48(72-26-25-60)51(34-44)68-9)36-47(61)39(3)32-42(6)53(69-10)54(70-11)52(62)41(5)31-37/h12-14,17-18,32,37,39-41,43-46,48-51,53-54,60,66H,15-16,19-31,33-36H2,1-11H3/b14-12+,17-13+,38-18+,42-32+/t37-,39-,40-,41-,43-,44+,45+,46+,48-,49-,50+,51-,53-,54+,58-/m1/s1. The van der Waals surface area contributed by atoms with Crippen LogP contribution in [0.2, 0.25) is 0 Å². The zero-order chi connectivity index (χ0) is 55.2. The number of fused-ring (bicyclic) bond motifs is 3. The van der Waals surface area contributed by atoms with Crippen LogP contribution in [0.1, 0.15) is 126 Å². The quantitative estimate of drug-likeness (QED) is 0.0698. The second kappa shape index (κ2) is 32.4. The van der Waals surface area contributed by atoms with E-state index >= 15 is 0 Å². The largest absolute Gasteiger partial charge is 0.460 e. The van der Waals surface area contributed by atoms with Crippen molar-refractivity contribution >= 4 is 29.2 Å². The Labute approximate surface area is 447 Å². The highest BCUT2D eigenvalue weighted by Gasteiger charge is 2.53. The summed E-state index contributed by atoms with van der Waals surface area (Å²) in [6.45, 7) is 14.6. The van der Waals surface area contributed by atoms with Crippen LogP contribution in [0.5, 0.6) is 0 Å². The number of aliphatic hydroxyl groups excluding tert-OH is 1. The Bertz CT molecular complexity index is 1930. The van der Waals surface area contributed by atoms with Crippen LogP contribution in [0.3, 0.4) is 0 Å². The number of esters is 1. The fourth-order valence-electron chi connectivity index (χ4n) is 11.2. The second-order valence-corrected chi connectivity index (χ2v) is 21.6. The van der Waals surface area contributed by atoms with Gasteiger partial charge in [-0.2, -0.15) is 0 Å². The van der Waals surface area contributed by atoms with Crippen LogP contribution >= 0.6 is 0 Å². The van der Waals surface area contributed by atoms with Gasteiger partial charge in [0.05, 0.1) is 64.1 Å². The Morgan fingerprint density at radius 1 is 0.773 bits per heavy atom. The van der Waals surface area contributed by atoms with Gasteiger partial charge >= 0.3 is 5.97 Å². The van der Waals surface area contributed by atoms with Crippen molar-refractivity contribution < 1.29 is 76.8 Å². The number of carbonyl (C=O) groups excluding carboxylic acids is 5. The molecule has 75 heavy (non-hydrogen) atoms. The summed E-state index contributed by atoms with van der Waals surface area (Å²) in [6, 6.07) is -1.15. The van der Waals surface area contributed by atoms with E-state index in [2.05, 4.69) is 0 Å². The van der Waals surface area contributed by atoms with Crippen LogP contribution in [0.25, 0.3) is 0 Å². The van der Waals surface area contributed by atoms with Crippen molar-refractivity contribution in [1.29, 1.82) is 0 Å². The van der Waals surface area contributed by atoms with Gasteiger partial charge in [0.2, 0.25) is 5.79 Å². The molecule has 1 amide bonds. The molecular weight excluding hydrogens is 967 g/mol. The highest BCUT2D eigenvalue weighted by Crippen LogP contribution is 2.38. The number of hydrogen-bond acceptors (Lipinski definition) is 16. The molecule has 0 unspecified atom stereocenters. The number of carbonyl (C=O) groups is 5. The number of methoxy groups -OCH3 is 4. The molecule has 1 saturated carbocycles. The van der Waals surface area contributed by atoms with E-state index in [1.54, 1.807) is 34.1 Å². The lowest BCUT2D eigenvalue weighted by Gasteiger charge is -2.43. The van der Waals surface area contributed by atoms with E-state index in [1.165, 1.54) is 19.1 Å². The Kier molecular flexibility index (Phi) is 27.7. The number of amides is 1. The number of ketones is 3. The number of cyclic esters (lactones) is 1. The lowest BCUT2D eigenvalue weighted by Crippen LogP contribution is -2.61. The molecule has 3 fully saturated rings. The van der Waals surface area contributed by atoms with E-state index in [9.17, 15) is 34.2 Å². The van der Waals surface area contributed by atoms with Gasteiger partial charge in [-0.1, -0.05) is 71.1 Å². The third kappa shape index (κ3) is 18.8. The minimum atomic E-state index is -2.47. The second-order valence-electron chi connectivity index (χ2n) is 21.6. The monoisotopic (exact) mass is 1060 g/mol. The van der Waals surface area contributed by atoms with Crippen LogP contribution in [0.4, 0.5) is 0 Å². The predicted molar refractivity (Wildman–Crippen MR) is 282 cm³/mol. The molecule has 4 aliphatic rings. The van der Waals surface area contributed by atoms with Crippen molar-refractivity contribution in [2.45, 2.75) is 180 Å². The lowest BCUT2D eigenvalue weighted by atomic mass is 9.78. The van der Waals surface area contributed by atoms with Crippen molar-refractivity contribution in [3.63, 3.8) is 0 Å².